The van der Waals surface area contributed by atoms with Crippen molar-refractivity contribution in [2.24, 2.45) is 7.05 Å². The molecule has 0 amide bonds. The van der Waals surface area contributed by atoms with Crippen LogP contribution < -0.4 is 0 Å². The topological polar surface area (TPSA) is 86.7 Å². The molecule has 7 nitrogen and oxygen atoms in total. The van der Waals surface area contributed by atoms with Crippen LogP contribution in [-0.4, -0.2) is 30.9 Å². The summed E-state index contributed by atoms with van der Waals surface area (Å²) in [6.07, 6.45) is 3.11. The summed E-state index contributed by atoms with van der Waals surface area (Å²) in [4.78, 5) is 14.1. The molecule has 2 aromatic rings. The molecule has 9 heteroatoms. The minimum absolute atomic E-state index is 0.0594. The number of imidazole rings is 1. The van der Waals surface area contributed by atoms with Gasteiger partial charge in [0.2, 0.25) is 5.01 Å². The van der Waals surface area contributed by atoms with E-state index in [9.17, 15) is 10.1 Å². The van der Waals surface area contributed by atoms with Crippen molar-refractivity contribution in [1.29, 1.82) is 0 Å². The van der Waals surface area contributed by atoms with Gasteiger partial charge >= 0.3 is 5.82 Å². The van der Waals surface area contributed by atoms with E-state index in [4.69, 9.17) is 0 Å². The molecule has 0 aliphatic rings. The largest absolute Gasteiger partial charge is 0.358 e. The maximum atomic E-state index is 10.6. The summed E-state index contributed by atoms with van der Waals surface area (Å²) in [6, 6.07) is 0. The van der Waals surface area contributed by atoms with Crippen molar-refractivity contribution in [3.05, 3.63) is 16.3 Å². The van der Waals surface area contributed by atoms with Gasteiger partial charge in [-0.2, -0.15) is 0 Å². The highest BCUT2D eigenvalue weighted by atomic mass is 32.2. The molecule has 2 aromatic heterocycles. The zero-order valence-electron chi connectivity index (χ0n) is 8.45. The second kappa shape index (κ2) is 4.18. The number of aromatic nitrogens is 4. The lowest BCUT2D eigenvalue weighted by Gasteiger charge is -1.94. The van der Waals surface area contributed by atoms with Gasteiger partial charge in [-0.15, -0.1) is 10.2 Å². The van der Waals surface area contributed by atoms with E-state index in [0.717, 1.165) is 4.34 Å². The SMILES string of the molecule is CSc1nnc(-c2ncc([N+](=O)[O-])n2C)s1. The highest BCUT2D eigenvalue weighted by molar-refractivity contribution is 8.00. The number of nitrogens with zero attached hydrogens (tertiary/aromatic N) is 5. The third kappa shape index (κ3) is 1.78. The van der Waals surface area contributed by atoms with E-state index in [1.54, 1.807) is 7.05 Å². The van der Waals surface area contributed by atoms with Crippen LogP contribution in [0.25, 0.3) is 10.8 Å². The maximum absolute atomic E-state index is 10.6. The highest BCUT2D eigenvalue weighted by Crippen LogP contribution is 2.28. The van der Waals surface area contributed by atoms with Gasteiger partial charge < -0.3 is 10.1 Å². The second-order valence-corrected chi connectivity index (χ2v) is 4.86. The molecule has 0 saturated carbocycles. The van der Waals surface area contributed by atoms with Crippen molar-refractivity contribution in [3.8, 4) is 10.8 Å². The van der Waals surface area contributed by atoms with Crippen LogP contribution in [0.1, 0.15) is 0 Å². The molecule has 0 spiro atoms. The van der Waals surface area contributed by atoms with Gasteiger partial charge in [0.15, 0.2) is 4.34 Å². The summed E-state index contributed by atoms with van der Waals surface area (Å²) >= 11 is 2.84. The number of nitro groups is 1. The van der Waals surface area contributed by atoms with Gasteiger partial charge in [-0.3, -0.25) is 0 Å². The van der Waals surface area contributed by atoms with Crippen molar-refractivity contribution in [2.75, 3.05) is 6.26 Å². The van der Waals surface area contributed by atoms with E-state index in [0.29, 0.717) is 10.8 Å². The average Bonchev–Trinajstić information content (AvgIpc) is 2.83. The van der Waals surface area contributed by atoms with E-state index >= 15 is 0 Å². The van der Waals surface area contributed by atoms with Crippen LogP contribution in [-0.2, 0) is 7.05 Å². The molecule has 16 heavy (non-hydrogen) atoms. The van der Waals surface area contributed by atoms with Gasteiger partial charge in [-0.25, -0.2) is 9.55 Å². The molecule has 0 unspecified atom stereocenters. The Bertz CT molecular complexity index is 535. The summed E-state index contributed by atoms with van der Waals surface area (Å²) in [5, 5.41) is 19.1. The normalized spacial score (nSPS) is 10.6. The van der Waals surface area contributed by atoms with Crippen molar-refractivity contribution < 1.29 is 4.92 Å². The first-order chi connectivity index (χ1) is 7.63. The molecule has 0 N–H and O–H groups in total. The lowest BCUT2D eigenvalue weighted by molar-refractivity contribution is -0.391. The van der Waals surface area contributed by atoms with Gasteiger partial charge in [0, 0.05) is 0 Å². The standard InChI is InChI=1S/C7H7N5O2S2/c1-11-4(12(13)14)3-8-5(11)6-9-10-7(15-2)16-6/h3H,1-2H3. The summed E-state index contributed by atoms with van der Waals surface area (Å²) in [6.45, 7) is 0. The van der Waals surface area contributed by atoms with Crippen LogP contribution in [0.3, 0.4) is 0 Å². The molecule has 2 heterocycles. The highest BCUT2D eigenvalue weighted by Gasteiger charge is 2.21. The fourth-order valence-electron chi connectivity index (χ4n) is 1.15. The van der Waals surface area contributed by atoms with Crippen LogP contribution in [0.4, 0.5) is 5.82 Å². The minimum Gasteiger partial charge on any atom is -0.358 e. The molecule has 0 aliphatic carbocycles. The zero-order valence-corrected chi connectivity index (χ0v) is 10.1. The fourth-order valence-corrected chi connectivity index (χ4v) is 2.45. The van der Waals surface area contributed by atoms with Crippen molar-refractivity contribution in [3.63, 3.8) is 0 Å². The van der Waals surface area contributed by atoms with E-state index < -0.39 is 4.92 Å². The van der Waals surface area contributed by atoms with E-state index in [1.807, 2.05) is 6.26 Å². The van der Waals surface area contributed by atoms with E-state index in [1.165, 1.54) is 33.9 Å². The monoisotopic (exact) mass is 257 g/mol. The summed E-state index contributed by atoms with van der Waals surface area (Å²) < 4.78 is 2.20. The maximum Gasteiger partial charge on any atom is 0.342 e. The van der Waals surface area contributed by atoms with E-state index in [-0.39, 0.29) is 5.82 Å². The molecule has 0 aromatic carbocycles. The quantitative estimate of drug-likeness (QED) is 0.471. The first kappa shape index (κ1) is 11.0. The number of hydrogen-bond acceptors (Lipinski definition) is 7. The molecule has 0 saturated heterocycles. The Morgan fingerprint density at radius 2 is 2.31 bits per heavy atom. The predicted molar refractivity (Wildman–Crippen MR) is 60.5 cm³/mol. The number of hydrogen-bond donors (Lipinski definition) is 0. The summed E-state index contributed by atoms with van der Waals surface area (Å²) in [7, 11) is 1.58. The lowest BCUT2D eigenvalue weighted by Crippen LogP contribution is -1.98. The Hall–Kier alpha value is -1.48. The molecular formula is C7H7N5O2S2. The Balaban J connectivity index is 2.44. The first-order valence-electron chi connectivity index (χ1n) is 4.17. The van der Waals surface area contributed by atoms with Crippen LogP contribution in [0, 0.1) is 10.1 Å². The third-order valence-corrected chi connectivity index (χ3v) is 3.82. The number of thioether (sulfide) groups is 1. The second-order valence-electron chi connectivity index (χ2n) is 2.83. The molecule has 0 radical (unpaired) electrons. The Morgan fingerprint density at radius 3 is 2.81 bits per heavy atom. The van der Waals surface area contributed by atoms with Crippen LogP contribution in [0.5, 0.6) is 0 Å². The molecule has 2 rings (SSSR count). The Labute approximate surface area is 98.7 Å². The molecule has 0 atom stereocenters. The van der Waals surface area contributed by atoms with Crippen molar-refractivity contribution in [1.82, 2.24) is 19.7 Å². The molecular weight excluding hydrogens is 250 g/mol. The van der Waals surface area contributed by atoms with Crippen LogP contribution in [0.2, 0.25) is 0 Å². The van der Waals surface area contributed by atoms with Crippen LogP contribution in [0.15, 0.2) is 10.5 Å². The van der Waals surface area contributed by atoms with Gasteiger partial charge in [0.25, 0.3) is 5.82 Å². The van der Waals surface area contributed by atoms with Gasteiger partial charge in [-0.05, 0) is 11.2 Å². The average molecular weight is 257 g/mol. The Morgan fingerprint density at radius 1 is 1.56 bits per heavy atom. The minimum atomic E-state index is -0.479. The summed E-state index contributed by atoms with van der Waals surface area (Å²) in [5.41, 5.74) is 0. The van der Waals surface area contributed by atoms with Crippen molar-refractivity contribution in [2.45, 2.75) is 4.34 Å². The Kier molecular flexibility index (Phi) is 2.88. The molecule has 0 bridgehead atoms. The van der Waals surface area contributed by atoms with Crippen LogP contribution >= 0.6 is 23.1 Å². The molecule has 0 aliphatic heterocycles. The van der Waals surface area contributed by atoms with Gasteiger partial charge in [-0.1, -0.05) is 23.1 Å². The predicted octanol–water partition coefficient (Wildman–Crippen LogP) is 1.57. The zero-order chi connectivity index (χ0) is 11.7. The smallest absolute Gasteiger partial charge is 0.342 e. The first-order valence-corrected chi connectivity index (χ1v) is 6.21. The summed E-state index contributed by atoms with van der Waals surface area (Å²) in [5.74, 6) is 0.403. The number of rotatable bonds is 3. The van der Waals surface area contributed by atoms with Crippen molar-refractivity contribution >= 4 is 28.9 Å². The fraction of sp³-hybridized carbons (Fsp3) is 0.286. The third-order valence-electron chi connectivity index (χ3n) is 1.92. The molecule has 0 fully saturated rings. The van der Waals surface area contributed by atoms with E-state index in [2.05, 4.69) is 15.2 Å². The van der Waals surface area contributed by atoms with Gasteiger partial charge in [0.1, 0.15) is 6.20 Å². The lowest BCUT2D eigenvalue weighted by atomic mass is 10.6. The van der Waals surface area contributed by atoms with Gasteiger partial charge in [0.05, 0.1) is 7.05 Å². The molecule has 84 valence electrons.